The van der Waals surface area contributed by atoms with Crippen molar-refractivity contribution in [1.82, 2.24) is 10.2 Å². The molecule has 8 nitrogen and oxygen atoms in total. The van der Waals surface area contributed by atoms with E-state index in [1.165, 1.54) is 4.90 Å². The molecular formula is C18H25N3O5. The second-order valence-corrected chi connectivity index (χ2v) is 6.08. The Labute approximate surface area is 152 Å². The van der Waals surface area contributed by atoms with Crippen LogP contribution in [0.1, 0.15) is 12.8 Å². The van der Waals surface area contributed by atoms with E-state index in [0.29, 0.717) is 24.6 Å². The van der Waals surface area contributed by atoms with Gasteiger partial charge in [-0.15, -0.1) is 0 Å². The van der Waals surface area contributed by atoms with Crippen LogP contribution in [0, 0.1) is 5.92 Å². The molecule has 0 atom stereocenters. The summed E-state index contributed by atoms with van der Waals surface area (Å²) in [5.74, 6) is -0.0360. The van der Waals surface area contributed by atoms with Crippen LogP contribution in [0.3, 0.4) is 0 Å². The minimum Gasteiger partial charge on any atom is -0.497 e. The predicted molar refractivity (Wildman–Crippen MR) is 95.8 cm³/mol. The van der Waals surface area contributed by atoms with E-state index in [2.05, 4.69) is 10.6 Å². The number of anilines is 1. The van der Waals surface area contributed by atoms with E-state index in [9.17, 15) is 14.4 Å². The van der Waals surface area contributed by atoms with Crippen LogP contribution < -0.4 is 15.4 Å². The van der Waals surface area contributed by atoms with Crippen molar-refractivity contribution < 1.29 is 23.9 Å². The summed E-state index contributed by atoms with van der Waals surface area (Å²) in [6.07, 6.45) is 1.74. The molecule has 1 aliphatic carbocycles. The van der Waals surface area contributed by atoms with E-state index in [0.717, 1.165) is 12.8 Å². The first-order valence-electron chi connectivity index (χ1n) is 8.51. The van der Waals surface area contributed by atoms with E-state index in [1.54, 1.807) is 38.5 Å². The summed E-state index contributed by atoms with van der Waals surface area (Å²) < 4.78 is 10.0. The third-order valence-corrected chi connectivity index (χ3v) is 3.96. The van der Waals surface area contributed by atoms with Crippen molar-refractivity contribution in [3.63, 3.8) is 0 Å². The third kappa shape index (κ3) is 6.36. The van der Waals surface area contributed by atoms with Gasteiger partial charge in [-0.05, 0) is 37.1 Å². The van der Waals surface area contributed by atoms with Crippen LogP contribution in [0.4, 0.5) is 5.69 Å². The van der Waals surface area contributed by atoms with Crippen LogP contribution in [0.25, 0.3) is 0 Å². The molecule has 2 N–H and O–H groups in total. The molecule has 1 aromatic rings. The van der Waals surface area contributed by atoms with Crippen molar-refractivity contribution in [3.8, 4) is 5.75 Å². The van der Waals surface area contributed by atoms with Gasteiger partial charge in [0, 0.05) is 25.3 Å². The molecule has 2 rings (SSSR count). The summed E-state index contributed by atoms with van der Waals surface area (Å²) in [7, 11) is 3.11. The highest BCUT2D eigenvalue weighted by Crippen LogP contribution is 2.30. The summed E-state index contributed by atoms with van der Waals surface area (Å²) in [6, 6.07) is 6.87. The van der Waals surface area contributed by atoms with Crippen LogP contribution in [0.15, 0.2) is 24.3 Å². The molecule has 26 heavy (non-hydrogen) atoms. The van der Waals surface area contributed by atoms with Crippen molar-refractivity contribution in [2.75, 3.05) is 45.8 Å². The van der Waals surface area contributed by atoms with Crippen molar-refractivity contribution in [2.45, 2.75) is 12.8 Å². The number of nitrogens with one attached hydrogen (secondary N) is 2. The minimum atomic E-state index is -0.375. The van der Waals surface area contributed by atoms with Crippen molar-refractivity contribution in [1.29, 1.82) is 0 Å². The quantitative estimate of drug-likeness (QED) is 0.636. The van der Waals surface area contributed by atoms with Gasteiger partial charge in [0.2, 0.25) is 17.7 Å². The number of ether oxygens (including phenoxy) is 2. The Balaban J connectivity index is 1.76. The topological polar surface area (TPSA) is 97.0 Å². The van der Waals surface area contributed by atoms with Crippen molar-refractivity contribution in [2.24, 2.45) is 5.92 Å². The molecule has 1 aromatic carbocycles. The van der Waals surface area contributed by atoms with E-state index in [4.69, 9.17) is 9.47 Å². The number of carbonyl (C=O) groups excluding carboxylic acids is 3. The standard InChI is InChI=1S/C18H25N3O5/c1-25-10-9-21(18(24)13-3-4-13)12-17(23)19-11-16(22)20-14-5-7-15(26-2)8-6-14/h5-8,13H,3-4,9-12H2,1-2H3,(H,19,23)(H,20,22). The molecule has 0 heterocycles. The van der Waals surface area contributed by atoms with Gasteiger partial charge in [-0.25, -0.2) is 0 Å². The number of amides is 3. The molecule has 0 spiro atoms. The molecule has 1 aliphatic rings. The lowest BCUT2D eigenvalue weighted by Gasteiger charge is -2.21. The molecule has 0 saturated heterocycles. The lowest BCUT2D eigenvalue weighted by Crippen LogP contribution is -2.44. The van der Waals surface area contributed by atoms with Gasteiger partial charge >= 0.3 is 0 Å². The summed E-state index contributed by atoms with van der Waals surface area (Å²) in [5.41, 5.74) is 0.607. The molecule has 0 unspecified atom stereocenters. The zero-order valence-electron chi connectivity index (χ0n) is 15.1. The molecule has 1 fully saturated rings. The van der Waals surface area contributed by atoms with Gasteiger partial charge in [0.15, 0.2) is 0 Å². The lowest BCUT2D eigenvalue weighted by molar-refractivity contribution is -0.137. The van der Waals surface area contributed by atoms with Crippen molar-refractivity contribution in [3.05, 3.63) is 24.3 Å². The molecule has 0 aliphatic heterocycles. The predicted octanol–water partition coefficient (Wildman–Crippen LogP) is 0.635. The number of hydrogen-bond donors (Lipinski definition) is 2. The molecule has 0 aromatic heterocycles. The van der Waals surface area contributed by atoms with Crippen LogP contribution in [-0.2, 0) is 19.1 Å². The van der Waals surface area contributed by atoms with Crippen molar-refractivity contribution >= 4 is 23.4 Å². The van der Waals surface area contributed by atoms with E-state index < -0.39 is 0 Å². The van der Waals surface area contributed by atoms with Gasteiger partial charge in [0.1, 0.15) is 5.75 Å². The Morgan fingerprint density at radius 1 is 1.12 bits per heavy atom. The number of benzene rings is 1. The van der Waals surface area contributed by atoms with E-state index in [1.807, 2.05) is 0 Å². The zero-order valence-corrected chi connectivity index (χ0v) is 15.1. The Hall–Kier alpha value is -2.61. The Morgan fingerprint density at radius 2 is 1.81 bits per heavy atom. The van der Waals surface area contributed by atoms with Crippen LogP contribution in [0.2, 0.25) is 0 Å². The van der Waals surface area contributed by atoms with Gasteiger partial charge < -0.3 is 25.0 Å². The Kier molecular flexibility index (Phi) is 7.40. The number of nitrogens with zero attached hydrogens (tertiary/aromatic N) is 1. The van der Waals surface area contributed by atoms with Crippen LogP contribution >= 0.6 is 0 Å². The molecule has 8 heteroatoms. The summed E-state index contributed by atoms with van der Waals surface area (Å²) >= 11 is 0. The molecule has 142 valence electrons. The van der Waals surface area contributed by atoms with E-state index >= 15 is 0 Å². The maximum atomic E-state index is 12.2. The Morgan fingerprint density at radius 3 is 2.38 bits per heavy atom. The van der Waals surface area contributed by atoms with Gasteiger partial charge in [0.25, 0.3) is 0 Å². The average molecular weight is 363 g/mol. The monoisotopic (exact) mass is 363 g/mol. The number of carbonyl (C=O) groups is 3. The lowest BCUT2D eigenvalue weighted by atomic mass is 10.3. The maximum absolute atomic E-state index is 12.2. The summed E-state index contributed by atoms with van der Waals surface area (Å²) in [5, 5.41) is 5.21. The molecule has 1 saturated carbocycles. The van der Waals surface area contributed by atoms with Gasteiger partial charge in [-0.2, -0.15) is 0 Å². The third-order valence-electron chi connectivity index (χ3n) is 3.96. The summed E-state index contributed by atoms with van der Waals surface area (Å²) in [6.45, 7) is 0.482. The smallest absolute Gasteiger partial charge is 0.243 e. The van der Waals surface area contributed by atoms with Crippen LogP contribution in [-0.4, -0.2) is 63.1 Å². The number of rotatable bonds is 10. The zero-order chi connectivity index (χ0) is 18.9. The fourth-order valence-corrected chi connectivity index (χ4v) is 2.34. The van der Waals surface area contributed by atoms with E-state index in [-0.39, 0.29) is 36.7 Å². The van der Waals surface area contributed by atoms with Crippen LogP contribution in [0.5, 0.6) is 5.75 Å². The highest BCUT2D eigenvalue weighted by molar-refractivity contribution is 5.95. The maximum Gasteiger partial charge on any atom is 0.243 e. The van der Waals surface area contributed by atoms with Gasteiger partial charge in [-0.1, -0.05) is 0 Å². The fraction of sp³-hybridized carbons (Fsp3) is 0.500. The molecule has 0 radical (unpaired) electrons. The second kappa shape index (κ2) is 9.76. The second-order valence-electron chi connectivity index (χ2n) is 6.08. The number of methoxy groups -OCH3 is 2. The summed E-state index contributed by atoms with van der Waals surface area (Å²) in [4.78, 5) is 37.6. The SMILES string of the molecule is COCCN(CC(=O)NCC(=O)Nc1ccc(OC)cc1)C(=O)C1CC1. The largest absolute Gasteiger partial charge is 0.497 e. The molecule has 0 bridgehead atoms. The minimum absolute atomic E-state index is 0.0260. The highest BCUT2D eigenvalue weighted by atomic mass is 16.5. The van der Waals surface area contributed by atoms with Gasteiger partial charge in [0.05, 0.1) is 26.8 Å². The average Bonchev–Trinajstić information content (AvgIpc) is 3.48. The first-order valence-corrected chi connectivity index (χ1v) is 8.51. The number of hydrogen-bond acceptors (Lipinski definition) is 5. The Bertz CT molecular complexity index is 628. The molecule has 3 amide bonds. The highest BCUT2D eigenvalue weighted by Gasteiger charge is 2.33. The normalized spacial score (nSPS) is 13.0. The molecular weight excluding hydrogens is 338 g/mol. The fourth-order valence-electron chi connectivity index (χ4n) is 2.34. The first kappa shape index (κ1) is 19.7. The van der Waals surface area contributed by atoms with Gasteiger partial charge in [-0.3, -0.25) is 14.4 Å². The first-order chi connectivity index (χ1) is 12.5.